The first kappa shape index (κ1) is 17.0. The fourth-order valence-corrected chi connectivity index (χ4v) is 2.77. The number of benzene rings is 1. The van der Waals surface area contributed by atoms with Gasteiger partial charge in [-0.2, -0.15) is 0 Å². The summed E-state index contributed by atoms with van der Waals surface area (Å²) in [5.74, 6) is 0.501. The van der Waals surface area contributed by atoms with Crippen LogP contribution in [0.15, 0.2) is 42.6 Å². The van der Waals surface area contributed by atoms with Crippen LogP contribution < -0.4 is 10.1 Å². The summed E-state index contributed by atoms with van der Waals surface area (Å²) in [5.41, 5.74) is 3.94. The lowest BCUT2D eigenvalue weighted by atomic mass is 10.2. The number of amides is 1. The highest BCUT2D eigenvalue weighted by molar-refractivity contribution is 6.05. The maximum atomic E-state index is 13.0. The van der Waals surface area contributed by atoms with Crippen LogP contribution in [0, 0.1) is 6.92 Å². The van der Waals surface area contributed by atoms with Gasteiger partial charge in [0, 0.05) is 6.20 Å². The lowest BCUT2D eigenvalue weighted by Crippen LogP contribution is -2.17. The van der Waals surface area contributed by atoms with E-state index in [4.69, 9.17) is 4.74 Å². The smallest absolute Gasteiger partial charge is 0.274 e. The van der Waals surface area contributed by atoms with Crippen LogP contribution in [0.2, 0.25) is 0 Å². The van der Waals surface area contributed by atoms with Crippen LogP contribution in [0.25, 0.3) is 5.65 Å². The molecule has 5 heteroatoms. The second-order valence-corrected chi connectivity index (χ2v) is 5.99. The molecule has 0 bridgehead atoms. The van der Waals surface area contributed by atoms with Crippen molar-refractivity contribution in [1.82, 2.24) is 9.38 Å². The molecule has 3 rings (SSSR count). The number of carbonyl (C=O) groups is 1. The van der Waals surface area contributed by atoms with Crippen LogP contribution in [0.1, 0.15) is 42.0 Å². The van der Waals surface area contributed by atoms with Crippen molar-refractivity contribution in [2.45, 2.75) is 33.6 Å². The average Bonchev–Trinajstić information content (AvgIpc) is 2.98. The monoisotopic (exact) mass is 337 g/mol. The minimum absolute atomic E-state index is 0.180. The molecule has 1 amide bonds. The van der Waals surface area contributed by atoms with Gasteiger partial charge in [-0.15, -0.1) is 0 Å². The Kier molecular flexibility index (Phi) is 5.03. The third-order valence-electron chi connectivity index (χ3n) is 4.00. The highest BCUT2D eigenvalue weighted by Crippen LogP contribution is 2.25. The van der Waals surface area contributed by atoms with E-state index in [2.05, 4.69) is 17.2 Å². The van der Waals surface area contributed by atoms with Gasteiger partial charge in [-0.3, -0.25) is 9.20 Å². The molecule has 0 fully saturated rings. The Labute approximate surface area is 147 Å². The largest absolute Gasteiger partial charge is 0.491 e. The van der Waals surface area contributed by atoms with Crippen molar-refractivity contribution >= 4 is 17.2 Å². The molecule has 0 aliphatic heterocycles. The number of anilines is 1. The van der Waals surface area contributed by atoms with Gasteiger partial charge in [-0.1, -0.05) is 26.0 Å². The summed E-state index contributed by atoms with van der Waals surface area (Å²) in [4.78, 5) is 17.5. The van der Waals surface area contributed by atoms with Gasteiger partial charge in [0.2, 0.25) is 0 Å². The number of fused-ring (bicyclic) bond motifs is 1. The quantitative estimate of drug-likeness (QED) is 0.732. The Bertz CT molecular complexity index is 899. The molecule has 5 nitrogen and oxygen atoms in total. The number of nitrogens with zero attached hydrogens (tertiary/aromatic N) is 2. The Morgan fingerprint density at radius 1 is 1.24 bits per heavy atom. The molecule has 0 aliphatic rings. The van der Waals surface area contributed by atoms with Gasteiger partial charge in [0.15, 0.2) is 0 Å². The standard InChI is InChI=1S/C20H23N3O2/c1-4-12-25-17-9-7-6-8-16(17)22-20(24)19-15(5-2)21-18-13-14(3)10-11-23(18)19/h6-11,13H,4-5,12H2,1-3H3,(H,22,24). The van der Waals surface area contributed by atoms with Crippen molar-refractivity contribution in [3.05, 3.63) is 59.5 Å². The van der Waals surface area contributed by atoms with E-state index in [0.717, 1.165) is 23.3 Å². The zero-order chi connectivity index (χ0) is 17.8. The zero-order valence-electron chi connectivity index (χ0n) is 14.9. The van der Waals surface area contributed by atoms with E-state index in [1.54, 1.807) is 0 Å². The summed E-state index contributed by atoms with van der Waals surface area (Å²) in [5, 5.41) is 2.98. The predicted molar refractivity (Wildman–Crippen MR) is 99.5 cm³/mol. The molecule has 3 aromatic rings. The number of rotatable bonds is 6. The number of carbonyl (C=O) groups excluding carboxylic acids is 1. The van der Waals surface area contributed by atoms with Crippen LogP contribution in [-0.2, 0) is 6.42 Å². The molecule has 2 aromatic heterocycles. The molecule has 25 heavy (non-hydrogen) atoms. The molecular weight excluding hydrogens is 314 g/mol. The van der Waals surface area contributed by atoms with Gasteiger partial charge < -0.3 is 10.1 Å². The molecule has 0 saturated heterocycles. The number of pyridine rings is 1. The summed E-state index contributed by atoms with van der Waals surface area (Å²) in [6, 6.07) is 11.4. The topological polar surface area (TPSA) is 55.6 Å². The fourth-order valence-electron chi connectivity index (χ4n) is 2.77. The lowest BCUT2D eigenvalue weighted by molar-refractivity contribution is 0.102. The minimum Gasteiger partial charge on any atom is -0.491 e. The van der Waals surface area contributed by atoms with Crippen molar-refractivity contribution in [1.29, 1.82) is 0 Å². The SMILES string of the molecule is CCCOc1ccccc1NC(=O)c1c(CC)nc2cc(C)ccn12. The molecule has 0 aliphatic carbocycles. The number of ether oxygens (including phenoxy) is 1. The number of aromatic nitrogens is 2. The molecule has 1 aromatic carbocycles. The van der Waals surface area contributed by atoms with Crippen LogP contribution in [0.5, 0.6) is 5.75 Å². The van der Waals surface area contributed by atoms with Gasteiger partial charge in [0.25, 0.3) is 5.91 Å². The second kappa shape index (κ2) is 7.38. The number of imidazole rings is 1. The highest BCUT2D eigenvalue weighted by atomic mass is 16.5. The van der Waals surface area contributed by atoms with Crippen LogP contribution in [-0.4, -0.2) is 21.9 Å². The van der Waals surface area contributed by atoms with E-state index < -0.39 is 0 Å². The molecular formula is C20H23N3O2. The van der Waals surface area contributed by atoms with Crippen molar-refractivity contribution < 1.29 is 9.53 Å². The maximum absolute atomic E-state index is 13.0. The average molecular weight is 337 g/mol. The molecule has 0 radical (unpaired) electrons. The first-order valence-corrected chi connectivity index (χ1v) is 8.64. The van der Waals surface area contributed by atoms with Crippen molar-refractivity contribution in [3.8, 4) is 5.75 Å². The van der Waals surface area contributed by atoms with Gasteiger partial charge in [0.05, 0.1) is 18.0 Å². The Balaban J connectivity index is 1.96. The molecule has 130 valence electrons. The first-order chi connectivity index (χ1) is 12.1. The van der Waals surface area contributed by atoms with Gasteiger partial charge in [-0.25, -0.2) is 4.98 Å². The first-order valence-electron chi connectivity index (χ1n) is 8.64. The van der Waals surface area contributed by atoms with E-state index in [9.17, 15) is 4.79 Å². The summed E-state index contributed by atoms with van der Waals surface area (Å²) in [7, 11) is 0. The fraction of sp³-hybridized carbons (Fsp3) is 0.300. The summed E-state index contributed by atoms with van der Waals surface area (Å²) < 4.78 is 7.57. The normalized spacial score (nSPS) is 10.8. The number of aryl methyl sites for hydroxylation is 2. The second-order valence-electron chi connectivity index (χ2n) is 5.99. The third kappa shape index (κ3) is 3.50. The molecule has 0 saturated carbocycles. The van der Waals surface area contributed by atoms with Crippen LogP contribution in [0.4, 0.5) is 5.69 Å². The highest BCUT2D eigenvalue weighted by Gasteiger charge is 2.19. The van der Waals surface area contributed by atoms with Gasteiger partial charge >= 0.3 is 0 Å². The van der Waals surface area contributed by atoms with E-state index in [1.165, 1.54) is 0 Å². The van der Waals surface area contributed by atoms with E-state index in [1.807, 2.05) is 60.8 Å². The Morgan fingerprint density at radius 3 is 2.80 bits per heavy atom. The van der Waals surface area contributed by atoms with Gasteiger partial charge in [-0.05, 0) is 49.6 Å². The molecule has 0 unspecified atom stereocenters. The molecule has 1 N–H and O–H groups in total. The van der Waals surface area contributed by atoms with E-state index >= 15 is 0 Å². The van der Waals surface area contributed by atoms with Gasteiger partial charge in [0.1, 0.15) is 17.1 Å². The zero-order valence-corrected chi connectivity index (χ0v) is 14.9. The molecule has 2 heterocycles. The van der Waals surface area contributed by atoms with Crippen molar-refractivity contribution in [2.75, 3.05) is 11.9 Å². The lowest BCUT2D eigenvalue weighted by Gasteiger charge is -2.12. The number of para-hydroxylation sites is 2. The summed E-state index contributed by atoms with van der Waals surface area (Å²) >= 11 is 0. The summed E-state index contributed by atoms with van der Waals surface area (Å²) in [6.45, 7) is 6.68. The Hall–Kier alpha value is -2.82. The third-order valence-corrected chi connectivity index (χ3v) is 4.00. The minimum atomic E-state index is -0.180. The number of hydrogen-bond donors (Lipinski definition) is 1. The van der Waals surface area contributed by atoms with Crippen molar-refractivity contribution in [3.63, 3.8) is 0 Å². The molecule has 0 atom stereocenters. The van der Waals surface area contributed by atoms with Crippen molar-refractivity contribution in [2.24, 2.45) is 0 Å². The summed E-state index contributed by atoms with van der Waals surface area (Å²) in [6.07, 6.45) is 3.50. The Morgan fingerprint density at radius 2 is 2.04 bits per heavy atom. The number of hydrogen-bond acceptors (Lipinski definition) is 3. The van der Waals surface area contributed by atoms with E-state index in [0.29, 0.717) is 30.2 Å². The maximum Gasteiger partial charge on any atom is 0.274 e. The van der Waals surface area contributed by atoms with E-state index in [-0.39, 0.29) is 5.91 Å². The molecule has 0 spiro atoms. The number of nitrogens with one attached hydrogen (secondary N) is 1. The predicted octanol–water partition coefficient (Wildman–Crippen LogP) is 4.25. The van der Waals surface area contributed by atoms with Crippen LogP contribution in [0.3, 0.4) is 0 Å². The van der Waals surface area contributed by atoms with Crippen LogP contribution >= 0.6 is 0 Å².